The van der Waals surface area contributed by atoms with Crippen molar-refractivity contribution in [3.05, 3.63) is 24.4 Å². The predicted molar refractivity (Wildman–Crippen MR) is 81.9 cm³/mol. The van der Waals surface area contributed by atoms with E-state index in [2.05, 4.69) is 26.9 Å². The highest BCUT2D eigenvalue weighted by Crippen LogP contribution is 2.34. The fourth-order valence-electron chi connectivity index (χ4n) is 1.60. The highest BCUT2D eigenvalue weighted by Gasteiger charge is 2.24. The second-order valence-corrected chi connectivity index (χ2v) is 7.01. The van der Waals surface area contributed by atoms with Gasteiger partial charge in [-0.2, -0.15) is 4.98 Å². The molecule has 0 aliphatic heterocycles. The van der Waals surface area contributed by atoms with E-state index in [4.69, 9.17) is 10.3 Å². The number of allylic oxidation sites excluding steroid dienone is 1. The van der Waals surface area contributed by atoms with Crippen LogP contribution in [0.25, 0.3) is 0 Å². The standard InChI is InChI=1S/C13H20N6OS/c1-6-7-19-11(14)16-17-12(19)21-8(2)9-15-10(18-20-9)13(3,4)5/h6,8H,1,7H2,2-5H3,(H2,14,16)/t8-/m0/s1. The number of nitrogen functional groups attached to an aromatic ring is 1. The summed E-state index contributed by atoms with van der Waals surface area (Å²) in [5.74, 6) is 1.62. The molecule has 2 heterocycles. The summed E-state index contributed by atoms with van der Waals surface area (Å²) in [6.07, 6.45) is 1.75. The summed E-state index contributed by atoms with van der Waals surface area (Å²) in [6.45, 7) is 12.4. The fourth-order valence-corrected chi connectivity index (χ4v) is 2.50. The summed E-state index contributed by atoms with van der Waals surface area (Å²) in [4.78, 5) is 4.45. The van der Waals surface area contributed by atoms with Gasteiger partial charge in [0.15, 0.2) is 11.0 Å². The quantitative estimate of drug-likeness (QED) is 0.670. The van der Waals surface area contributed by atoms with Gasteiger partial charge in [-0.15, -0.1) is 16.8 Å². The van der Waals surface area contributed by atoms with Crippen molar-refractivity contribution in [2.45, 2.75) is 50.1 Å². The molecule has 21 heavy (non-hydrogen) atoms. The highest BCUT2D eigenvalue weighted by molar-refractivity contribution is 7.99. The van der Waals surface area contributed by atoms with Gasteiger partial charge in [0, 0.05) is 12.0 Å². The second kappa shape index (κ2) is 5.88. The number of aromatic nitrogens is 5. The van der Waals surface area contributed by atoms with Crippen LogP contribution in [-0.2, 0) is 12.0 Å². The smallest absolute Gasteiger partial charge is 0.239 e. The maximum Gasteiger partial charge on any atom is 0.239 e. The Balaban J connectivity index is 2.16. The first-order chi connectivity index (χ1) is 9.82. The lowest BCUT2D eigenvalue weighted by atomic mass is 9.96. The van der Waals surface area contributed by atoms with Gasteiger partial charge >= 0.3 is 0 Å². The van der Waals surface area contributed by atoms with Crippen molar-refractivity contribution in [1.29, 1.82) is 0 Å². The summed E-state index contributed by atoms with van der Waals surface area (Å²) < 4.78 is 7.13. The van der Waals surface area contributed by atoms with Crippen LogP contribution < -0.4 is 5.73 Å². The van der Waals surface area contributed by atoms with Crippen LogP contribution in [0.2, 0.25) is 0 Å². The minimum absolute atomic E-state index is 0.0410. The number of rotatable bonds is 5. The molecule has 0 aliphatic carbocycles. The molecule has 0 spiro atoms. The number of nitrogens with zero attached hydrogens (tertiary/aromatic N) is 5. The summed E-state index contributed by atoms with van der Waals surface area (Å²) in [5, 5.41) is 12.6. The van der Waals surface area contributed by atoms with E-state index >= 15 is 0 Å². The molecule has 0 amide bonds. The van der Waals surface area contributed by atoms with Crippen LogP contribution in [0.5, 0.6) is 0 Å². The van der Waals surface area contributed by atoms with Crippen molar-refractivity contribution in [3.63, 3.8) is 0 Å². The van der Waals surface area contributed by atoms with Crippen LogP contribution in [0.1, 0.15) is 44.7 Å². The average Bonchev–Trinajstić information content (AvgIpc) is 3.00. The number of hydrogen-bond donors (Lipinski definition) is 1. The van der Waals surface area contributed by atoms with Crippen LogP contribution >= 0.6 is 11.8 Å². The molecule has 1 atom stereocenters. The summed E-state index contributed by atoms with van der Waals surface area (Å²) in [7, 11) is 0. The van der Waals surface area contributed by atoms with Gasteiger partial charge < -0.3 is 10.3 Å². The molecule has 0 aromatic carbocycles. The minimum atomic E-state index is -0.139. The highest BCUT2D eigenvalue weighted by atomic mass is 32.2. The van der Waals surface area contributed by atoms with Crippen LogP contribution in [0.4, 0.5) is 5.95 Å². The Morgan fingerprint density at radius 3 is 2.71 bits per heavy atom. The maximum atomic E-state index is 5.78. The van der Waals surface area contributed by atoms with E-state index in [-0.39, 0.29) is 10.7 Å². The van der Waals surface area contributed by atoms with E-state index in [1.54, 1.807) is 10.6 Å². The van der Waals surface area contributed by atoms with Crippen molar-refractivity contribution >= 4 is 17.7 Å². The van der Waals surface area contributed by atoms with Gasteiger partial charge in [-0.3, -0.25) is 4.57 Å². The number of anilines is 1. The van der Waals surface area contributed by atoms with Crippen LogP contribution in [-0.4, -0.2) is 24.9 Å². The van der Waals surface area contributed by atoms with E-state index in [0.29, 0.717) is 29.4 Å². The molecule has 0 fully saturated rings. The monoisotopic (exact) mass is 308 g/mol. The van der Waals surface area contributed by atoms with Crippen molar-refractivity contribution in [2.24, 2.45) is 0 Å². The molecule has 8 heteroatoms. The molecule has 114 valence electrons. The largest absolute Gasteiger partial charge is 0.368 e. The molecule has 0 radical (unpaired) electrons. The predicted octanol–water partition coefficient (Wildman–Crippen LogP) is 2.58. The summed E-state index contributed by atoms with van der Waals surface area (Å²) in [5.41, 5.74) is 5.64. The van der Waals surface area contributed by atoms with Crippen molar-refractivity contribution in [1.82, 2.24) is 24.9 Å². The van der Waals surface area contributed by atoms with Crippen LogP contribution in [0.15, 0.2) is 22.3 Å². The molecule has 2 aromatic heterocycles. The van der Waals surface area contributed by atoms with Gasteiger partial charge in [0.25, 0.3) is 0 Å². The van der Waals surface area contributed by atoms with Gasteiger partial charge in [-0.05, 0) is 6.92 Å². The average molecular weight is 308 g/mol. The summed E-state index contributed by atoms with van der Waals surface area (Å²) in [6, 6.07) is 0. The fraction of sp³-hybridized carbons (Fsp3) is 0.538. The Kier molecular flexibility index (Phi) is 4.36. The van der Waals surface area contributed by atoms with Gasteiger partial charge in [0.1, 0.15) is 0 Å². The van der Waals surface area contributed by atoms with Crippen molar-refractivity contribution in [2.75, 3.05) is 5.73 Å². The SMILES string of the molecule is C=CCn1c(N)nnc1S[C@@H](C)c1nc(C(C)(C)C)no1. The first-order valence-electron chi connectivity index (χ1n) is 6.63. The van der Waals surface area contributed by atoms with E-state index < -0.39 is 0 Å². The van der Waals surface area contributed by atoms with Crippen molar-refractivity contribution < 1.29 is 4.52 Å². The van der Waals surface area contributed by atoms with E-state index in [0.717, 1.165) is 0 Å². The minimum Gasteiger partial charge on any atom is -0.368 e. The zero-order valence-electron chi connectivity index (χ0n) is 12.7. The molecule has 2 aromatic rings. The summed E-state index contributed by atoms with van der Waals surface area (Å²) >= 11 is 1.47. The molecule has 0 aliphatic rings. The molecular weight excluding hydrogens is 288 g/mol. The lowest BCUT2D eigenvalue weighted by Crippen LogP contribution is -2.13. The lowest BCUT2D eigenvalue weighted by molar-refractivity contribution is 0.364. The topological polar surface area (TPSA) is 95.7 Å². The Hall–Kier alpha value is -1.83. The van der Waals surface area contributed by atoms with Crippen LogP contribution in [0.3, 0.4) is 0 Å². The molecule has 0 unspecified atom stereocenters. The second-order valence-electron chi connectivity index (χ2n) is 5.71. The zero-order chi connectivity index (χ0) is 15.6. The Labute approximate surface area is 128 Å². The third-order valence-corrected chi connectivity index (χ3v) is 3.87. The Morgan fingerprint density at radius 1 is 1.43 bits per heavy atom. The molecule has 0 saturated heterocycles. The molecule has 7 nitrogen and oxygen atoms in total. The Bertz CT molecular complexity index is 627. The third-order valence-electron chi connectivity index (χ3n) is 2.80. The van der Waals surface area contributed by atoms with Gasteiger partial charge in [0.05, 0.1) is 5.25 Å². The van der Waals surface area contributed by atoms with E-state index in [1.165, 1.54) is 11.8 Å². The first kappa shape index (κ1) is 15.6. The van der Waals surface area contributed by atoms with E-state index in [9.17, 15) is 0 Å². The van der Waals surface area contributed by atoms with E-state index in [1.807, 2.05) is 27.7 Å². The maximum absolute atomic E-state index is 5.78. The van der Waals surface area contributed by atoms with Gasteiger partial charge in [-0.25, -0.2) is 0 Å². The zero-order valence-corrected chi connectivity index (χ0v) is 13.5. The number of nitrogens with two attached hydrogens (primary N) is 1. The van der Waals surface area contributed by atoms with Gasteiger partial charge in [0.2, 0.25) is 11.8 Å². The van der Waals surface area contributed by atoms with Crippen molar-refractivity contribution in [3.8, 4) is 0 Å². The lowest BCUT2D eigenvalue weighted by Gasteiger charge is -2.11. The normalized spacial score (nSPS) is 13.3. The number of hydrogen-bond acceptors (Lipinski definition) is 7. The first-order valence-corrected chi connectivity index (χ1v) is 7.51. The Morgan fingerprint density at radius 2 is 2.14 bits per heavy atom. The molecule has 0 saturated carbocycles. The molecule has 2 N–H and O–H groups in total. The third kappa shape index (κ3) is 3.44. The molecule has 2 rings (SSSR count). The van der Waals surface area contributed by atoms with Crippen LogP contribution in [0, 0.1) is 0 Å². The molecule has 0 bridgehead atoms. The van der Waals surface area contributed by atoms with Gasteiger partial charge in [-0.1, -0.05) is 43.8 Å². The molecular formula is C13H20N6OS. The number of thioether (sulfide) groups is 1.